The minimum atomic E-state index is -0.527. The average molecular weight is 368 g/mol. The van der Waals surface area contributed by atoms with E-state index in [0.717, 1.165) is 30.0 Å². The number of hydrogen-bond donors (Lipinski definition) is 2. The van der Waals surface area contributed by atoms with Crippen LogP contribution in [0, 0.1) is 11.6 Å². The van der Waals surface area contributed by atoms with Crippen molar-refractivity contribution in [1.29, 1.82) is 0 Å². The van der Waals surface area contributed by atoms with Gasteiger partial charge in [0.15, 0.2) is 5.82 Å². The van der Waals surface area contributed by atoms with Gasteiger partial charge in [0, 0.05) is 25.2 Å². The quantitative estimate of drug-likeness (QED) is 0.742. The van der Waals surface area contributed by atoms with Gasteiger partial charge in [0.2, 0.25) is 0 Å². The van der Waals surface area contributed by atoms with Crippen LogP contribution in [0.4, 0.5) is 14.6 Å². The molecule has 4 rings (SSSR count). The third-order valence-electron chi connectivity index (χ3n) is 4.69. The summed E-state index contributed by atoms with van der Waals surface area (Å²) in [5, 5.41) is 10.2. The maximum atomic E-state index is 13.7. The summed E-state index contributed by atoms with van der Waals surface area (Å²) in [5.41, 5.74) is 1.69. The van der Waals surface area contributed by atoms with Crippen molar-refractivity contribution >= 4 is 11.7 Å². The minimum Gasteiger partial charge on any atom is -0.353 e. The molecule has 0 radical (unpaired) electrons. The number of anilines is 1. The molecule has 1 amide bonds. The van der Waals surface area contributed by atoms with E-state index < -0.39 is 11.7 Å². The summed E-state index contributed by atoms with van der Waals surface area (Å²) in [6.07, 6.45) is 0.749. The molecular formula is C20H18F2N4O. The Hall–Kier alpha value is -3.22. The van der Waals surface area contributed by atoms with Crippen molar-refractivity contribution in [2.75, 3.05) is 18.0 Å². The van der Waals surface area contributed by atoms with E-state index in [1.807, 2.05) is 6.07 Å². The zero-order valence-corrected chi connectivity index (χ0v) is 14.5. The van der Waals surface area contributed by atoms with Crippen molar-refractivity contribution in [2.24, 2.45) is 0 Å². The summed E-state index contributed by atoms with van der Waals surface area (Å²) >= 11 is 0. The van der Waals surface area contributed by atoms with E-state index in [1.54, 1.807) is 24.3 Å². The van der Waals surface area contributed by atoms with Crippen molar-refractivity contribution in [2.45, 2.75) is 12.5 Å². The number of nitrogens with zero attached hydrogens (tertiary/aromatic N) is 2. The Kier molecular flexibility index (Phi) is 4.58. The predicted molar refractivity (Wildman–Crippen MR) is 98.5 cm³/mol. The Labute approximate surface area is 155 Å². The summed E-state index contributed by atoms with van der Waals surface area (Å²) in [6, 6.07) is 13.9. The number of benzene rings is 2. The second-order valence-corrected chi connectivity index (χ2v) is 6.53. The number of aromatic nitrogens is 2. The van der Waals surface area contributed by atoms with Gasteiger partial charge in [-0.3, -0.25) is 9.89 Å². The first-order valence-corrected chi connectivity index (χ1v) is 8.72. The van der Waals surface area contributed by atoms with Gasteiger partial charge in [0.25, 0.3) is 5.91 Å². The van der Waals surface area contributed by atoms with Gasteiger partial charge in [-0.1, -0.05) is 12.1 Å². The van der Waals surface area contributed by atoms with Crippen LogP contribution in [0.5, 0.6) is 0 Å². The van der Waals surface area contributed by atoms with Gasteiger partial charge < -0.3 is 10.2 Å². The number of carbonyl (C=O) groups is 1. The first-order valence-electron chi connectivity index (χ1n) is 8.72. The van der Waals surface area contributed by atoms with E-state index in [1.165, 1.54) is 24.3 Å². The fourth-order valence-corrected chi connectivity index (χ4v) is 3.25. The Morgan fingerprint density at radius 3 is 2.70 bits per heavy atom. The van der Waals surface area contributed by atoms with Crippen molar-refractivity contribution in [1.82, 2.24) is 15.5 Å². The molecule has 2 heterocycles. The summed E-state index contributed by atoms with van der Waals surface area (Å²) in [5.74, 6) is -0.460. The topological polar surface area (TPSA) is 61.0 Å². The third-order valence-corrected chi connectivity index (χ3v) is 4.69. The molecule has 138 valence electrons. The number of nitrogens with one attached hydrogen (secondary N) is 2. The van der Waals surface area contributed by atoms with Crippen LogP contribution in [0.3, 0.4) is 0 Å². The number of hydrogen-bond acceptors (Lipinski definition) is 3. The van der Waals surface area contributed by atoms with Gasteiger partial charge in [0.05, 0.1) is 11.3 Å². The van der Waals surface area contributed by atoms with Gasteiger partial charge in [-0.15, -0.1) is 0 Å². The number of H-pyrrole nitrogens is 1. The minimum absolute atomic E-state index is 0.0503. The standard InChI is InChI=1S/C20H18F2N4O/c21-14-7-5-13(6-8-14)18-11-19(25-24-18)26-10-9-15(12-26)23-20(27)16-3-1-2-4-17(16)22/h1-8,11,15H,9-10,12H2,(H,23,27)(H,24,25). The second-order valence-electron chi connectivity index (χ2n) is 6.53. The summed E-state index contributed by atoms with van der Waals surface area (Å²) in [7, 11) is 0. The maximum Gasteiger partial charge on any atom is 0.254 e. The lowest BCUT2D eigenvalue weighted by molar-refractivity contribution is 0.0936. The van der Waals surface area contributed by atoms with Crippen LogP contribution in [-0.4, -0.2) is 35.2 Å². The number of halogens is 2. The highest BCUT2D eigenvalue weighted by Gasteiger charge is 2.26. The fraction of sp³-hybridized carbons (Fsp3) is 0.200. The molecule has 3 aromatic rings. The molecule has 1 aliphatic rings. The third kappa shape index (κ3) is 3.67. The molecule has 0 aliphatic carbocycles. The van der Waals surface area contributed by atoms with Gasteiger partial charge in [0.1, 0.15) is 11.6 Å². The molecule has 1 fully saturated rings. The van der Waals surface area contributed by atoms with Crippen LogP contribution in [0.1, 0.15) is 16.8 Å². The first-order chi connectivity index (χ1) is 13.1. The molecular weight excluding hydrogens is 350 g/mol. The molecule has 0 saturated carbocycles. The lowest BCUT2D eigenvalue weighted by atomic mass is 10.1. The van der Waals surface area contributed by atoms with Gasteiger partial charge in [-0.05, 0) is 48.4 Å². The number of rotatable bonds is 4. The lowest BCUT2D eigenvalue weighted by Crippen LogP contribution is -2.37. The normalized spacial score (nSPS) is 16.5. The summed E-state index contributed by atoms with van der Waals surface area (Å²) < 4.78 is 26.8. The SMILES string of the molecule is O=C(NC1CCN(c2cc(-c3ccc(F)cc3)[nH]n2)C1)c1ccccc1F. The van der Waals surface area contributed by atoms with Crippen molar-refractivity contribution in [3.63, 3.8) is 0 Å². The molecule has 1 saturated heterocycles. The first kappa shape index (κ1) is 17.2. The Morgan fingerprint density at radius 1 is 1.15 bits per heavy atom. The number of carbonyl (C=O) groups excluding carboxylic acids is 1. The fourth-order valence-electron chi connectivity index (χ4n) is 3.25. The van der Waals surface area contributed by atoms with Gasteiger partial charge in [-0.25, -0.2) is 8.78 Å². The van der Waals surface area contributed by atoms with Crippen LogP contribution >= 0.6 is 0 Å². The Balaban J connectivity index is 1.40. The summed E-state index contributed by atoms with van der Waals surface area (Å²) in [4.78, 5) is 14.3. The Morgan fingerprint density at radius 2 is 1.93 bits per heavy atom. The molecule has 1 aliphatic heterocycles. The predicted octanol–water partition coefficient (Wildman–Crippen LogP) is 3.36. The molecule has 5 nitrogen and oxygen atoms in total. The van der Waals surface area contributed by atoms with Gasteiger partial charge >= 0.3 is 0 Å². The molecule has 1 aromatic heterocycles. The Bertz CT molecular complexity index is 955. The molecule has 7 heteroatoms. The van der Waals surface area contributed by atoms with Crippen molar-refractivity contribution in [3.05, 3.63) is 71.8 Å². The van der Waals surface area contributed by atoms with Crippen LogP contribution in [0.2, 0.25) is 0 Å². The van der Waals surface area contributed by atoms with Crippen molar-refractivity contribution < 1.29 is 13.6 Å². The molecule has 0 bridgehead atoms. The largest absolute Gasteiger partial charge is 0.353 e. The van der Waals surface area contributed by atoms with Gasteiger partial charge in [-0.2, -0.15) is 5.10 Å². The van der Waals surface area contributed by atoms with Crippen molar-refractivity contribution in [3.8, 4) is 11.3 Å². The highest BCUT2D eigenvalue weighted by atomic mass is 19.1. The van der Waals surface area contributed by atoms with E-state index in [4.69, 9.17) is 0 Å². The second kappa shape index (κ2) is 7.19. The smallest absolute Gasteiger partial charge is 0.254 e. The summed E-state index contributed by atoms with van der Waals surface area (Å²) in [6.45, 7) is 1.32. The van der Waals surface area contributed by atoms with Crippen LogP contribution in [-0.2, 0) is 0 Å². The van der Waals surface area contributed by atoms with E-state index in [0.29, 0.717) is 6.54 Å². The molecule has 1 unspecified atom stereocenters. The number of aromatic amines is 1. The zero-order valence-electron chi connectivity index (χ0n) is 14.5. The lowest BCUT2D eigenvalue weighted by Gasteiger charge is -2.16. The van der Waals surface area contributed by atoms with E-state index in [9.17, 15) is 13.6 Å². The van der Waals surface area contributed by atoms with E-state index in [2.05, 4.69) is 20.4 Å². The van der Waals surface area contributed by atoms with Crippen LogP contribution in [0.25, 0.3) is 11.3 Å². The highest BCUT2D eigenvalue weighted by molar-refractivity contribution is 5.94. The average Bonchev–Trinajstić information content (AvgIpc) is 3.32. The monoisotopic (exact) mass is 368 g/mol. The van der Waals surface area contributed by atoms with Crippen LogP contribution in [0.15, 0.2) is 54.6 Å². The molecule has 27 heavy (non-hydrogen) atoms. The van der Waals surface area contributed by atoms with Crippen LogP contribution < -0.4 is 10.2 Å². The molecule has 2 N–H and O–H groups in total. The highest BCUT2D eigenvalue weighted by Crippen LogP contribution is 2.24. The number of amides is 1. The van der Waals surface area contributed by atoms with E-state index in [-0.39, 0.29) is 17.4 Å². The zero-order chi connectivity index (χ0) is 18.8. The van der Waals surface area contributed by atoms with E-state index >= 15 is 0 Å². The molecule has 2 aromatic carbocycles. The molecule has 1 atom stereocenters. The maximum absolute atomic E-state index is 13.7. The molecule has 0 spiro atoms.